The molecule has 0 spiro atoms. The van der Waals surface area contributed by atoms with Gasteiger partial charge in [-0.2, -0.15) is 0 Å². The van der Waals surface area contributed by atoms with E-state index in [0.717, 1.165) is 5.56 Å². The van der Waals surface area contributed by atoms with Crippen LogP contribution in [0.2, 0.25) is 0 Å². The van der Waals surface area contributed by atoms with Gasteiger partial charge in [0.1, 0.15) is 18.0 Å². The molecule has 1 aromatic carbocycles. The van der Waals surface area contributed by atoms with Crippen LogP contribution >= 0.6 is 7.60 Å². The molecule has 30 heavy (non-hydrogen) atoms. The van der Waals surface area contributed by atoms with E-state index in [9.17, 15) is 18.9 Å². The number of hydrogen-bond donors (Lipinski definition) is 3. The lowest BCUT2D eigenvalue weighted by molar-refractivity contribution is -0.137. The number of carbonyl (C=O) groups excluding carboxylic acids is 2. The summed E-state index contributed by atoms with van der Waals surface area (Å²) in [6.07, 6.45) is -0.642. The summed E-state index contributed by atoms with van der Waals surface area (Å²) in [6.45, 7) is 3.39. The number of amides is 2. The van der Waals surface area contributed by atoms with Crippen LogP contribution in [0.1, 0.15) is 25.8 Å². The number of rotatable bonds is 14. The molecule has 3 N–H and O–H groups in total. The van der Waals surface area contributed by atoms with Gasteiger partial charge in [-0.05, 0) is 31.5 Å². The number of methoxy groups -OCH3 is 1. The van der Waals surface area contributed by atoms with Crippen molar-refractivity contribution in [2.45, 2.75) is 32.7 Å². The Morgan fingerprint density at radius 1 is 1.10 bits per heavy atom. The average molecular weight is 444 g/mol. The third-order valence-electron chi connectivity index (χ3n) is 3.88. The number of carboxylic acid groups (broad SMARTS) is 1. The molecule has 0 unspecified atom stereocenters. The Balaban J connectivity index is 2.89. The predicted molar refractivity (Wildman–Crippen MR) is 110 cm³/mol. The standard InChI is InChI=1S/C19H29N2O8P/c1-4-28-30(26,29-5-2)13-17(22)21-16(19(25)20-11-10-18(23)24)12-14-6-8-15(27-3)9-7-14/h6-9,16H,4-5,10-13H2,1-3H3,(H,20,25)(H,21,22)(H,23,24)/t16-/m1/s1. The quantitative estimate of drug-likeness (QED) is 0.368. The monoisotopic (exact) mass is 444 g/mol. The molecular weight excluding hydrogens is 415 g/mol. The first kappa shape index (κ1) is 25.6. The molecule has 1 atom stereocenters. The van der Waals surface area contributed by atoms with Gasteiger partial charge in [0, 0.05) is 13.0 Å². The molecule has 2 amide bonds. The molecule has 1 aromatic rings. The smallest absolute Gasteiger partial charge is 0.340 e. The summed E-state index contributed by atoms with van der Waals surface area (Å²) >= 11 is 0. The summed E-state index contributed by atoms with van der Waals surface area (Å²) in [6, 6.07) is 5.92. The third kappa shape index (κ3) is 9.39. The second kappa shape index (κ2) is 13.0. The minimum absolute atomic E-state index is 0.0838. The molecule has 10 nitrogen and oxygen atoms in total. The fourth-order valence-electron chi connectivity index (χ4n) is 2.56. The van der Waals surface area contributed by atoms with Crippen LogP contribution in [-0.2, 0) is 34.4 Å². The van der Waals surface area contributed by atoms with Crippen LogP contribution in [0.3, 0.4) is 0 Å². The topological polar surface area (TPSA) is 140 Å². The Labute approximate surface area is 175 Å². The lowest BCUT2D eigenvalue weighted by Crippen LogP contribution is -2.49. The molecule has 0 saturated heterocycles. The summed E-state index contributed by atoms with van der Waals surface area (Å²) < 4.78 is 27.9. The molecule has 1 rings (SSSR count). The zero-order chi connectivity index (χ0) is 22.6. The third-order valence-corrected chi connectivity index (χ3v) is 5.86. The second-order valence-corrected chi connectivity index (χ2v) is 8.27. The van der Waals surface area contributed by atoms with Crippen molar-refractivity contribution in [3.8, 4) is 5.75 Å². The maximum Gasteiger partial charge on any atom is 0.340 e. The van der Waals surface area contributed by atoms with Gasteiger partial charge in [0.05, 0.1) is 26.7 Å². The summed E-state index contributed by atoms with van der Waals surface area (Å²) in [5.74, 6) is -1.64. The van der Waals surface area contributed by atoms with E-state index in [1.807, 2.05) is 0 Å². The van der Waals surface area contributed by atoms with E-state index < -0.39 is 37.6 Å². The van der Waals surface area contributed by atoms with Crippen LogP contribution in [-0.4, -0.2) is 62.0 Å². The average Bonchev–Trinajstić information content (AvgIpc) is 2.67. The molecule has 11 heteroatoms. The van der Waals surface area contributed by atoms with Crippen LogP contribution in [0, 0.1) is 0 Å². The molecule has 0 aliphatic rings. The van der Waals surface area contributed by atoms with Crippen molar-refractivity contribution in [3.63, 3.8) is 0 Å². The van der Waals surface area contributed by atoms with Gasteiger partial charge < -0.3 is 29.5 Å². The van der Waals surface area contributed by atoms with Crippen molar-refractivity contribution in [2.24, 2.45) is 0 Å². The number of hydrogen-bond acceptors (Lipinski definition) is 7. The van der Waals surface area contributed by atoms with Crippen LogP contribution < -0.4 is 15.4 Å². The van der Waals surface area contributed by atoms with Gasteiger partial charge in [0.2, 0.25) is 11.8 Å². The first-order valence-electron chi connectivity index (χ1n) is 9.53. The number of nitrogens with one attached hydrogen (secondary N) is 2. The number of carboxylic acids is 1. The first-order chi connectivity index (χ1) is 14.2. The Kier molecular flexibility index (Phi) is 11.1. The Morgan fingerprint density at radius 2 is 1.70 bits per heavy atom. The van der Waals surface area contributed by atoms with E-state index in [2.05, 4.69) is 10.6 Å². The van der Waals surface area contributed by atoms with E-state index >= 15 is 0 Å². The molecule has 168 valence electrons. The number of aliphatic carboxylic acids is 1. The SMILES string of the molecule is CCOP(=O)(CC(=O)N[C@H](Cc1ccc(OC)cc1)C(=O)NCCC(=O)O)OCC. The molecule has 0 aliphatic heterocycles. The zero-order valence-corrected chi connectivity index (χ0v) is 18.3. The van der Waals surface area contributed by atoms with Gasteiger partial charge in [-0.15, -0.1) is 0 Å². The highest BCUT2D eigenvalue weighted by atomic mass is 31.2. The van der Waals surface area contributed by atoms with E-state index in [1.54, 1.807) is 38.1 Å². The maximum absolute atomic E-state index is 12.6. The van der Waals surface area contributed by atoms with Crippen molar-refractivity contribution in [1.82, 2.24) is 10.6 Å². The Morgan fingerprint density at radius 3 is 2.20 bits per heavy atom. The van der Waals surface area contributed by atoms with Crippen molar-refractivity contribution in [3.05, 3.63) is 29.8 Å². The van der Waals surface area contributed by atoms with E-state index in [1.165, 1.54) is 7.11 Å². The fourth-order valence-corrected chi connectivity index (χ4v) is 4.05. The van der Waals surface area contributed by atoms with Crippen molar-refractivity contribution >= 4 is 25.4 Å². The molecule has 0 bridgehead atoms. The van der Waals surface area contributed by atoms with Gasteiger partial charge in [0.25, 0.3) is 0 Å². The Hall–Kier alpha value is -2.42. The van der Waals surface area contributed by atoms with Gasteiger partial charge >= 0.3 is 13.6 Å². The predicted octanol–water partition coefficient (Wildman–Crippen LogP) is 1.58. The maximum atomic E-state index is 12.6. The molecular formula is C19H29N2O8P. The van der Waals surface area contributed by atoms with Gasteiger partial charge in [0.15, 0.2) is 0 Å². The molecule has 0 aromatic heterocycles. The molecule has 0 fully saturated rings. The first-order valence-corrected chi connectivity index (χ1v) is 11.3. The van der Waals surface area contributed by atoms with Crippen LogP contribution in [0.4, 0.5) is 0 Å². The van der Waals surface area contributed by atoms with Crippen molar-refractivity contribution in [1.29, 1.82) is 0 Å². The highest BCUT2D eigenvalue weighted by Gasteiger charge is 2.30. The van der Waals surface area contributed by atoms with Gasteiger partial charge in [-0.25, -0.2) is 0 Å². The van der Waals surface area contributed by atoms with Gasteiger partial charge in [-0.1, -0.05) is 12.1 Å². The highest BCUT2D eigenvalue weighted by molar-refractivity contribution is 7.54. The molecule has 0 saturated carbocycles. The fraction of sp³-hybridized carbons (Fsp3) is 0.526. The Bertz CT molecular complexity index is 743. The normalized spacial score (nSPS) is 12.1. The highest BCUT2D eigenvalue weighted by Crippen LogP contribution is 2.47. The number of ether oxygens (including phenoxy) is 1. The van der Waals surface area contributed by atoms with Crippen LogP contribution in [0.25, 0.3) is 0 Å². The lowest BCUT2D eigenvalue weighted by atomic mass is 10.0. The molecule has 0 heterocycles. The van der Waals surface area contributed by atoms with E-state index in [4.69, 9.17) is 18.9 Å². The second-order valence-electron chi connectivity index (χ2n) is 6.21. The van der Waals surface area contributed by atoms with Crippen molar-refractivity contribution in [2.75, 3.05) is 33.0 Å². The minimum Gasteiger partial charge on any atom is -0.497 e. The summed E-state index contributed by atoms with van der Waals surface area (Å²) in [5.41, 5.74) is 0.743. The van der Waals surface area contributed by atoms with Crippen LogP contribution in [0.15, 0.2) is 24.3 Å². The number of benzene rings is 1. The van der Waals surface area contributed by atoms with E-state index in [-0.39, 0.29) is 32.6 Å². The van der Waals surface area contributed by atoms with Crippen LogP contribution in [0.5, 0.6) is 5.75 Å². The van der Waals surface area contributed by atoms with E-state index in [0.29, 0.717) is 5.75 Å². The summed E-state index contributed by atoms with van der Waals surface area (Å²) in [4.78, 5) is 35.7. The molecule has 0 radical (unpaired) electrons. The molecule has 0 aliphatic carbocycles. The summed E-state index contributed by atoms with van der Waals surface area (Å²) in [7, 11) is -2.10. The lowest BCUT2D eigenvalue weighted by Gasteiger charge is -2.21. The largest absolute Gasteiger partial charge is 0.497 e. The zero-order valence-electron chi connectivity index (χ0n) is 17.4. The summed E-state index contributed by atoms with van der Waals surface area (Å²) in [5, 5.41) is 13.8. The van der Waals surface area contributed by atoms with Gasteiger partial charge in [-0.3, -0.25) is 18.9 Å². The minimum atomic E-state index is -3.63. The van der Waals surface area contributed by atoms with Crippen molar-refractivity contribution < 1.29 is 37.8 Å². The number of carbonyl (C=O) groups is 3.